The molecule has 0 saturated carbocycles. The minimum Gasteiger partial charge on any atom is -0.363 e. The van der Waals surface area contributed by atoms with Crippen molar-refractivity contribution in [3.63, 3.8) is 0 Å². The van der Waals surface area contributed by atoms with E-state index in [4.69, 9.17) is 4.74 Å². The molecule has 2 amide bonds. The van der Waals surface area contributed by atoms with E-state index in [9.17, 15) is 9.59 Å². The molecule has 2 N–H and O–H groups in total. The molecular weight excluding hydrogens is 246 g/mol. The van der Waals surface area contributed by atoms with Gasteiger partial charge >= 0.3 is 0 Å². The molecule has 2 rings (SSSR count). The quantitative estimate of drug-likeness (QED) is 0.681. The van der Waals surface area contributed by atoms with Gasteiger partial charge in [0.15, 0.2) is 0 Å². The number of carbonyl (C=O) groups excluding carboxylic acids is 2. The van der Waals surface area contributed by atoms with Crippen LogP contribution in [0.3, 0.4) is 0 Å². The molecule has 2 saturated heterocycles. The van der Waals surface area contributed by atoms with E-state index in [0.29, 0.717) is 13.0 Å². The summed E-state index contributed by atoms with van der Waals surface area (Å²) in [6.07, 6.45) is 1.56. The highest BCUT2D eigenvalue weighted by Crippen LogP contribution is 2.14. The van der Waals surface area contributed by atoms with E-state index in [2.05, 4.69) is 10.6 Å². The van der Waals surface area contributed by atoms with Crippen molar-refractivity contribution in [3.8, 4) is 0 Å². The second-order valence-electron chi connectivity index (χ2n) is 5.75. The van der Waals surface area contributed by atoms with Crippen LogP contribution in [0, 0.1) is 0 Å². The zero-order valence-electron chi connectivity index (χ0n) is 11.7. The third-order valence-corrected chi connectivity index (χ3v) is 3.62. The molecule has 0 radical (unpaired) electrons. The van der Waals surface area contributed by atoms with Gasteiger partial charge in [-0.2, -0.15) is 0 Å². The Morgan fingerprint density at radius 1 is 1.58 bits per heavy atom. The van der Waals surface area contributed by atoms with Crippen LogP contribution in [0.25, 0.3) is 0 Å². The molecule has 6 nitrogen and oxygen atoms in total. The number of hydrogen-bond donors (Lipinski definition) is 2. The van der Waals surface area contributed by atoms with Crippen LogP contribution in [0.5, 0.6) is 0 Å². The highest BCUT2D eigenvalue weighted by atomic mass is 16.5. The Labute approximate surface area is 113 Å². The topological polar surface area (TPSA) is 70.7 Å². The number of hydrogen-bond acceptors (Lipinski definition) is 4. The molecule has 6 heteroatoms. The van der Waals surface area contributed by atoms with Crippen molar-refractivity contribution in [3.05, 3.63) is 0 Å². The van der Waals surface area contributed by atoms with Gasteiger partial charge in [-0.05, 0) is 20.3 Å². The van der Waals surface area contributed by atoms with Crippen LogP contribution in [-0.2, 0) is 14.3 Å². The van der Waals surface area contributed by atoms with Crippen molar-refractivity contribution in [2.75, 3.05) is 32.8 Å². The smallest absolute Gasteiger partial charge is 0.246 e. The van der Waals surface area contributed by atoms with Crippen molar-refractivity contribution < 1.29 is 14.3 Å². The number of rotatable bonds is 6. The minimum atomic E-state index is -0.203. The Bertz CT molecular complexity index is 355. The fourth-order valence-corrected chi connectivity index (χ4v) is 2.41. The third-order valence-electron chi connectivity index (χ3n) is 3.62. The van der Waals surface area contributed by atoms with E-state index in [1.807, 2.05) is 18.7 Å². The van der Waals surface area contributed by atoms with Gasteiger partial charge in [0, 0.05) is 38.6 Å². The van der Waals surface area contributed by atoms with Crippen LogP contribution in [0.2, 0.25) is 0 Å². The van der Waals surface area contributed by atoms with E-state index in [1.165, 1.54) is 0 Å². The molecule has 2 aliphatic rings. The maximum absolute atomic E-state index is 11.7. The lowest BCUT2D eigenvalue weighted by Gasteiger charge is -2.38. The number of likely N-dealkylation sites (tertiary alicyclic amines) is 1. The Morgan fingerprint density at radius 3 is 2.84 bits per heavy atom. The van der Waals surface area contributed by atoms with Crippen molar-refractivity contribution in [2.24, 2.45) is 0 Å². The van der Waals surface area contributed by atoms with Crippen LogP contribution < -0.4 is 10.6 Å². The predicted molar refractivity (Wildman–Crippen MR) is 70.6 cm³/mol. The fraction of sp³-hybridized carbons (Fsp3) is 0.846. The van der Waals surface area contributed by atoms with E-state index in [1.54, 1.807) is 0 Å². The second kappa shape index (κ2) is 5.88. The number of nitrogens with one attached hydrogen (secondary N) is 2. The summed E-state index contributed by atoms with van der Waals surface area (Å²) in [5.41, 5.74) is -0.203. The number of nitrogens with zero attached hydrogens (tertiary/aromatic N) is 1. The molecule has 1 unspecified atom stereocenters. The van der Waals surface area contributed by atoms with Gasteiger partial charge < -0.3 is 20.3 Å². The summed E-state index contributed by atoms with van der Waals surface area (Å²) in [4.78, 5) is 25.0. The average molecular weight is 269 g/mol. The number of ether oxygens (including phenoxy) is 1. The van der Waals surface area contributed by atoms with E-state index >= 15 is 0 Å². The van der Waals surface area contributed by atoms with Gasteiger partial charge in [0.1, 0.15) is 6.61 Å². The molecule has 19 heavy (non-hydrogen) atoms. The number of amides is 2. The van der Waals surface area contributed by atoms with Crippen LogP contribution >= 0.6 is 0 Å². The summed E-state index contributed by atoms with van der Waals surface area (Å²) < 4.78 is 5.56. The highest BCUT2D eigenvalue weighted by molar-refractivity contribution is 5.79. The Kier molecular flexibility index (Phi) is 4.42. The van der Waals surface area contributed by atoms with Crippen molar-refractivity contribution in [2.45, 2.75) is 38.3 Å². The molecule has 0 aliphatic carbocycles. The molecule has 108 valence electrons. The van der Waals surface area contributed by atoms with Crippen LogP contribution in [0.4, 0.5) is 0 Å². The Hall–Kier alpha value is -1.14. The molecule has 2 fully saturated rings. The fourth-order valence-electron chi connectivity index (χ4n) is 2.41. The van der Waals surface area contributed by atoms with Crippen molar-refractivity contribution in [1.82, 2.24) is 15.5 Å². The van der Waals surface area contributed by atoms with Gasteiger partial charge in [0.25, 0.3) is 0 Å². The molecule has 1 atom stereocenters. The minimum absolute atomic E-state index is 0.0366. The Balaban J connectivity index is 1.65. The largest absolute Gasteiger partial charge is 0.363 e. The zero-order chi connectivity index (χ0) is 13.9. The van der Waals surface area contributed by atoms with Crippen LogP contribution in [0.15, 0.2) is 0 Å². The summed E-state index contributed by atoms with van der Waals surface area (Å²) in [5.74, 6) is 0.0673. The molecular formula is C13H23N3O3. The zero-order valence-corrected chi connectivity index (χ0v) is 11.7. The van der Waals surface area contributed by atoms with Crippen molar-refractivity contribution in [1.29, 1.82) is 0 Å². The normalized spacial score (nSPS) is 23.1. The van der Waals surface area contributed by atoms with Gasteiger partial charge in [-0.15, -0.1) is 0 Å². The maximum atomic E-state index is 11.7. The maximum Gasteiger partial charge on any atom is 0.246 e. The SMILES string of the molecule is CC(CN1CCCC1=O)NC(=O)COC1(C)CNC1. The first-order valence-corrected chi connectivity index (χ1v) is 6.90. The molecule has 0 spiro atoms. The third kappa shape index (κ3) is 3.91. The second-order valence-corrected chi connectivity index (χ2v) is 5.75. The summed E-state index contributed by atoms with van der Waals surface area (Å²) in [5, 5.41) is 5.99. The lowest BCUT2D eigenvalue weighted by molar-refractivity contribution is -0.137. The molecule has 0 aromatic carbocycles. The summed E-state index contributed by atoms with van der Waals surface area (Å²) >= 11 is 0. The monoisotopic (exact) mass is 269 g/mol. The van der Waals surface area contributed by atoms with Gasteiger partial charge in [0.2, 0.25) is 11.8 Å². The van der Waals surface area contributed by atoms with Crippen LogP contribution in [0.1, 0.15) is 26.7 Å². The summed E-state index contributed by atoms with van der Waals surface area (Å²) in [7, 11) is 0. The van der Waals surface area contributed by atoms with Gasteiger partial charge in [-0.25, -0.2) is 0 Å². The van der Waals surface area contributed by atoms with E-state index in [-0.39, 0.29) is 30.1 Å². The van der Waals surface area contributed by atoms with Gasteiger partial charge in [-0.1, -0.05) is 0 Å². The number of carbonyl (C=O) groups is 2. The standard InChI is InChI=1S/C13H23N3O3/c1-10(6-16-5-3-4-12(16)18)15-11(17)7-19-13(2)8-14-9-13/h10,14H,3-9H2,1-2H3,(H,15,17). The van der Waals surface area contributed by atoms with Crippen LogP contribution in [-0.4, -0.2) is 61.1 Å². The first kappa shape index (κ1) is 14.3. The molecule has 2 heterocycles. The summed E-state index contributed by atoms with van der Waals surface area (Å²) in [6, 6.07) is -0.0366. The van der Waals surface area contributed by atoms with E-state index in [0.717, 1.165) is 26.1 Å². The molecule has 0 aromatic heterocycles. The van der Waals surface area contributed by atoms with Crippen molar-refractivity contribution >= 4 is 11.8 Å². The molecule has 0 aromatic rings. The molecule has 0 bridgehead atoms. The average Bonchev–Trinajstić information content (AvgIpc) is 2.70. The summed E-state index contributed by atoms with van der Waals surface area (Å²) in [6.45, 7) is 6.95. The highest BCUT2D eigenvalue weighted by Gasteiger charge is 2.33. The van der Waals surface area contributed by atoms with Gasteiger partial charge in [-0.3, -0.25) is 9.59 Å². The first-order chi connectivity index (χ1) is 8.98. The Morgan fingerprint density at radius 2 is 2.32 bits per heavy atom. The molecule has 2 aliphatic heterocycles. The predicted octanol–water partition coefficient (Wildman–Crippen LogP) is -0.508. The first-order valence-electron chi connectivity index (χ1n) is 6.90. The lowest BCUT2D eigenvalue weighted by atomic mass is 10.0. The lowest BCUT2D eigenvalue weighted by Crippen LogP contribution is -2.59. The van der Waals surface area contributed by atoms with E-state index < -0.39 is 0 Å². The van der Waals surface area contributed by atoms with Gasteiger partial charge in [0.05, 0.1) is 5.60 Å².